The summed E-state index contributed by atoms with van der Waals surface area (Å²) in [5, 5.41) is 2.80. The third-order valence-corrected chi connectivity index (χ3v) is 4.67. The van der Waals surface area contributed by atoms with Gasteiger partial charge in [0.05, 0.1) is 18.1 Å². The van der Waals surface area contributed by atoms with Gasteiger partial charge in [-0.25, -0.2) is 8.42 Å². The topological polar surface area (TPSA) is 93.7 Å². The minimum Gasteiger partial charge on any atom is -0.378 e. The molecular weight excluding hydrogens is 308 g/mol. The summed E-state index contributed by atoms with van der Waals surface area (Å²) in [5.74, 6) is -0.235. The lowest BCUT2D eigenvalue weighted by molar-refractivity contribution is 0.0907. The van der Waals surface area contributed by atoms with E-state index < -0.39 is 10.0 Å². The van der Waals surface area contributed by atoms with Crippen LogP contribution in [0.1, 0.15) is 29.6 Å². The number of benzene rings is 1. The first kappa shape index (κ1) is 16.9. The number of amides is 1. The van der Waals surface area contributed by atoms with Crippen LogP contribution in [-0.2, 0) is 19.6 Å². The van der Waals surface area contributed by atoms with E-state index in [1.165, 1.54) is 31.4 Å². The Bertz CT molecular complexity index is 594. The molecule has 0 saturated carbocycles. The maximum atomic E-state index is 12.0. The van der Waals surface area contributed by atoms with E-state index in [-0.39, 0.29) is 16.9 Å². The summed E-state index contributed by atoms with van der Waals surface area (Å²) in [5.41, 5.74) is 0.406. The van der Waals surface area contributed by atoms with Crippen LogP contribution >= 0.6 is 0 Å². The second-order valence-corrected chi connectivity index (χ2v) is 6.64. The molecule has 0 spiro atoms. The fraction of sp³-hybridized carbons (Fsp3) is 0.500. The van der Waals surface area contributed by atoms with Gasteiger partial charge in [0, 0.05) is 18.7 Å². The van der Waals surface area contributed by atoms with Gasteiger partial charge in [0.25, 0.3) is 15.9 Å². The van der Waals surface area contributed by atoms with E-state index >= 15 is 0 Å². The first-order valence-corrected chi connectivity index (χ1v) is 8.56. The lowest BCUT2D eigenvalue weighted by Crippen LogP contribution is -2.27. The Morgan fingerprint density at radius 3 is 2.68 bits per heavy atom. The van der Waals surface area contributed by atoms with Crippen molar-refractivity contribution in [2.24, 2.45) is 0 Å². The summed E-state index contributed by atoms with van der Waals surface area (Å²) in [4.78, 5) is 18.3. The average Bonchev–Trinajstić information content (AvgIpc) is 3.00. The van der Waals surface area contributed by atoms with Crippen molar-refractivity contribution in [3.05, 3.63) is 29.8 Å². The molecule has 1 aromatic rings. The number of carbonyl (C=O) groups is 1. The third kappa shape index (κ3) is 4.51. The average molecular weight is 328 g/mol. The number of carbonyl (C=O) groups excluding carboxylic acids is 1. The fourth-order valence-corrected chi connectivity index (χ4v) is 3.07. The first-order chi connectivity index (χ1) is 10.5. The van der Waals surface area contributed by atoms with E-state index in [9.17, 15) is 13.2 Å². The van der Waals surface area contributed by atoms with Gasteiger partial charge in [0.2, 0.25) is 0 Å². The minimum absolute atomic E-state index is 0.0326. The highest BCUT2D eigenvalue weighted by atomic mass is 32.2. The van der Waals surface area contributed by atoms with E-state index in [4.69, 9.17) is 4.74 Å². The molecule has 0 radical (unpaired) electrons. The van der Waals surface area contributed by atoms with Crippen molar-refractivity contribution in [3.63, 3.8) is 0 Å². The quantitative estimate of drug-likeness (QED) is 0.723. The zero-order chi connectivity index (χ0) is 16.0. The van der Waals surface area contributed by atoms with Crippen molar-refractivity contribution < 1.29 is 22.8 Å². The first-order valence-electron chi connectivity index (χ1n) is 7.07. The van der Waals surface area contributed by atoms with Gasteiger partial charge in [-0.2, -0.15) is 0 Å². The van der Waals surface area contributed by atoms with Crippen molar-refractivity contribution in [2.75, 3.05) is 20.3 Å². The van der Waals surface area contributed by atoms with Gasteiger partial charge in [-0.3, -0.25) is 9.63 Å². The lowest BCUT2D eigenvalue weighted by Gasteiger charge is -2.10. The molecule has 2 rings (SSSR count). The molecule has 0 aromatic heterocycles. The van der Waals surface area contributed by atoms with Crippen LogP contribution in [-0.4, -0.2) is 40.7 Å². The van der Waals surface area contributed by atoms with Gasteiger partial charge < -0.3 is 10.1 Å². The van der Waals surface area contributed by atoms with Crippen LogP contribution in [0.3, 0.4) is 0 Å². The Hall–Kier alpha value is -1.48. The van der Waals surface area contributed by atoms with Gasteiger partial charge in [-0.15, -0.1) is 0 Å². The number of hydrogen-bond donors (Lipinski definition) is 2. The molecule has 1 heterocycles. The summed E-state index contributed by atoms with van der Waals surface area (Å²) < 4.78 is 28.8. The maximum absolute atomic E-state index is 12.0. The molecule has 1 aliphatic heterocycles. The van der Waals surface area contributed by atoms with Gasteiger partial charge in [-0.05, 0) is 43.5 Å². The molecule has 1 amide bonds. The van der Waals surface area contributed by atoms with Gasteiger partial charge in [0.15, 0.2) is 0 Å². The van der Waals surface area contributed by atoms with Crippen LogP contribution in [0.2, 0.25) is 0 Å². The molecule has 8 heteroatoms. The van der Waals surface area contributed by atoms with E-state index in [1.807, 2.05) is 4.89 Å². The van der Waals surface area contributed by atoms with E-state index in [2.05, 4.69) is 10.2 Å². The number of sulfonamides is 1. The summed E-state index contributed by atoms with van der Waals surface area (Å²) in [6.45, 7) is 1.33. The molecule has 0 unspecified atom stereocenters. The molecule has 0 aliphatic carbocycles. The van der Waals surface area contributed by atoms with Crippen LogP contribution in [0.25, 0.3) is 0 Å². The highest BCUT2D eigenvalue weighted by Crippen LogP contribution is 2.14. The van der Waals surface area contributed by atoms with Crippen molar-refractivity contribution in [3.8, 4) is 0 Å². The van der Waals surface area contributed by atoms with Crippen molar-refractivity contribution in [1.29, 1.82) is 0 Å². The van der Waals surface area contributed by atoms with Crippen molar-refractivity contribution >= 4 is 15.9 Å². The minimum atomic E-state index is -3.70. The summed E-state index contributed by atoms with van der Waals surface area (Å²) >= 11 is 0. The van der Waals surface area contributed by atoms with E-state index in [1.54, 1.807) is 0 Å². The van der Waals surface area contributed by atoms with Crippen LogP contribution in [0, 0.1) is 0 Å². The summed E-state index contributed by atoms with van der Waals surface area (Å²) in [6.07, 6.45) is 3.13. The van der Waals surface area contributed by atoms with E-state index in [0.29, 0.717) is 12.1 Å². The van der Waals surface area contributed by atoms with Gasteiger partial charge >= 0.3 is 0 Å². The van der Waals surface area contributed by atoms with Gasteiger partial charge in [-0.1, -0.05) is 4.89 Å². The lowest BCUT2D eigenvalue weighted by atomic mass is 10.1. The fourth-order valence-electron chi connectivity index (χ4n) is 2.26. The SMILES string of the molecule is CONS(=O)(=O)c1ccc(C(=O)NCC[C@H]2CCCO2)cc1. The largest absolute Gasteiger partial charge is 0.378 e. The van der Waals surface area contributed by atoms with Crippen LogP contribution in [0.4, 0.5) is 0 Å². The van der Waals surface area contributed by atoms with Gasteiger partial charge in [0.1, 0.15) is 0 Å². The molecule has 0 bridgehead atoms. The molecule has 2 N–H and O–H groups in total. The molecule has 7 nitrogen and oxygen atoms in total. The number of rotatable bonds is 7. The predicted octanol–water partition coefficient (Wildman–Crippen LogP) is 0.825. The molecule has 1 saturated heterocycles. The highest BCUT2D eigenvalue weighted by Gasteiger charge is 2.16. The van der Waals surface area contributed by atoms with Crippen LogP contribution < -0.4 is 10.2 Å². The second kappa shape index (κ2) is 7.68. The predicted molar refractivity (Wildman–Crippen MR) is 79.7 cm³/mol. The Kier molecular flexibility index (Phi) is 5.90. The normalized spacial score (nSPS) is 18.3. The second-order valence-electron chi connectivity index (χ2n) is 4.99. The van der Waals surface area contributed by atoms with Crippen LogP contribution in [0.5, 0.6) is 0 Å². The molecule has 1 fully saturated rings. The molecule has 22 heavy (non-hydrogen) atoms. The standard InChI is InChI=1S/C14H20N2O5S/c1-20-16-22(18,19)13-6-4-11(5-7-13)14(17)15-9-8-12-3-2-10-21-12/h4-7,12,16H,2-3,8-10H2,1H3,(H,15,17)/t12-/m1/s1. The molecule has 1 aliphatic rings. The van der Waals surface area contributed by atoms with Crippen molar-refractivity contribution in [2.45, 2.75) is 30.3 Å². The molecule has 1 aromatic carbocycles. The number of hydrogen-bond acceptors (Lipinski definition) is 5. The zero-order valence-corrected chi connectivity index (χ0v) is 13.2. The molecule has 122 valence electrons. The van der Waals surface area contributed by atoms with Crippen LogP contribution in [0.15, 0.2) is 29.2 Å². The number of ether oxygens (including phenoxy) is 1. The Morgan fingerprint density at radius 1 is 1.36 bits per heavy atom. The van der Waals surface area contributed by atoms with E-state index in [0.717, 1.165) is 25.9 Å². The summed E-state index contributed by atoms with van der Waals surface area (Å²) in [6, 6.07) is 5.64. The highest BCUT2D eigenvalue weighted by molar-refractivity contribution is 7.89. The van der Waals surface area contributed by atoms with Crippen molar-refractivity contribution in [1.82, 2.24) is 10.2 Å². The molecular formula is C14H20N2O5S. The summed E-state index contributed by atoms with van der Waals surface area (Å²) in [7, 11) is -2.49. The Labute approximate surface area is 130 Å². The third-order valence-electron chi connectivity index (χ3n) is 3.40. The molecule has 1 atom stereocenters. The Morgan fingerprint density at radius 2 is 2.09 bits per heavy atom. The Balaban J connectivity index is 1.87. The maximum Gasteiger partial charge on any atom is 0.262 e. The number of nitrogens with one attached hydrogen (secondary N) is 2. The monoisotopic (exact) mass is 328 g/mol. The smallest absolute Gasteiger partial charge is 0.262 e. The zero-order valence-electron chi connectivity index (χ0n) is 12.4.